The molecule has 4 rings (SSSR count). The van der Waals surface area contributed by atoms with Gasteiger partial charge >= 0.3 is 0 Å². The number of piperidine rings is 2. The van der Waals surface area contributed by atoms with Gasteiger partial charge in [-0.25, -0.2) is 4.98 Å². The number of amides is 2. The number of likely N-dealkylation sites (tertiary alicyclic amines) is 2. The van der Waals surface area contributed by atoms with Gasteiger partial charge in [0.2, 0.25) is 11.8 Å². The molecule has 2 amide bonds. The summed E-state index contributed by atoms with van der Waals surface area (Å²) in [4.78, 5) is 34.7. The molecule has 0 spiro atoms. The molecule has 2 atom stereocenters. The van der Waals surface area contributed by atoms with Crippen molar-refractivity contribution in [2.75, 3.05) is 18.8 Å². The van der Waals surface area contributed by atoms with Crippen LogP contribution in [0.4, 0.5) is 0 Å². The lowest BCUT2D eigenvalue weighted by Crippen LogP contribution is -2.48. The number of imidazole rings is 1. The van der Waals surface area contributed by atoms with Crippen molar-refractivity contribution in [3.8, 4) is 0 Å². The highest BCUT2D eigenvalue weighted by molar-refractivity contribution is 7.99. The first kappa shape index (κ1) is 21.2. The maximum absolute atomic E-state index is 13.3. The highest BCUT2D eigenvalue weighted by Crippen LogP contribution is 2.27. The van der Waals surface area contributed by atoms with E-state index in [1.54, 1.807) is 0 Å². The summed E-state index contributed by atoms with van der Waals surface area (Å²) >= 11 is 1.45. The lowest BCUT2D eigenvalue weighted by molar-refractivity contribution is -0.138. The Labute approximate surface area is 183 Å². The summed E-state index contributed by atoms with van der Waals surface area (Å²) in [5, 5.41) is 0.757. The number of carbonyl (C=O) groups is 2. The van der Waals surface area contributed by atoms with Crippen molar-refractivity contribution in [1.82, 2.24) is 19.4 Å². The minimum atomic E-state index is 0.141. The van der Waals surface area contributed by atoms with Crippen LogP contribution in [0.5, 0.6) is 0 Å². The smallest absolute Gasteiger partial charge is 0.243 e. The van der Waals surface area contributed by atoms with Crippen molar-refractivity contribution in [3.05, 3.63) is 24.3 Å². The molecular formula is C23H32N4O2S. The van der Waals surface area contributed by atoms with Crippen LogP contribution in [0.25, 0.3) is 11.0 Å². The molecule has 1 aromatic carbocycles. The van der Waals surface area contributed by atoms with Crippen LogP contribution in [-0.4, -0.2) is 62.1 Å². The van der Waals surface area contributed by atoms with Crippen LogP contribution in [0, 0.1) is 0 Å². The minimum absolute atomic E-state index is 0.141. The molecule has 6 nitrogen and oxygen atoms in total. The molecule has 2 unspecified atom stereocenters. The van der Waals surface area contributed by atoms with Crippen LogP contribution >= 0.6 is 11.8 Å². The second-order valence-electron chi connectivity index (χ2n) is 8.63. The van der Waals surface area contributed by atoms with Crippen molar-refractivity contribution in [3.63, 3.8) is 0 Å². The largest absolute Gasteiger partial charge is 0.342 e. The maximum atomic E-state index is 13.3. The van der Waals surface area contributed by atoms with Gasteiger partial charge < -0.3 is 14.4 Å². The number of aromatic nitrogens is 2. The van der Waals surface area contributed by atoms with Gasteiger partial charge in [-0.1, -0.05) is 23.9 Å². The number of nitrogens with zero attached hydrogens (tertiary/aromatic N) is 4. The van der Waals surface area contributed by atoms with Crippen LogP contribution in [0.2, 0.25) is 0 Å². The van der Waals surface area contributed by atoms with Gasteiger partial charge in [-0.2, -0.15) is 0 Å². The number of carbonyl (C=O) groups excluding carboxylic acids is 2. The first-order chi connectivity index (χ1) is 14.5. The first-order valence-corrected chi connectivity index (χ1v) is 12.2. The Morgan fingerprint density at radius 3 is 2.43 bits per heavy atom. The average Bonchev–Trinajstić information content (AvgIpc) is 3.10. The van der Waals surface area contributed by atoms with E-state index in [0.717, 1.165) is 55.0 Å². The molecule has 2 aliphatic heterocycles. The average molecular weight is 429 g/mol. The lowest BCUT2D eigenvalue weighted by Gasteiger charge is -2.39. The second-order valence-corrected chi connectivity index (χ2v) is 9.57. The molecular weight excluding hydrogens is 396 g/mol. The van der Waals surface area contributed by atoms with Crippen molar-refractivity contribution < 1.29 is 9.59 Å². The molecule has 30 heavy (non-hydrogen) atoms. The summed E-state index contributed by atoms with van der Waals surface area (Å²) < 4.78 is 2.00. The predicted molar refractivity (Wildman–Crippen MR) is 121 cm³/mol. The van der Waals surface area contributed by atoms with Crippen LogP contribution in [0.3, 0.4) is 0 Å². The molecule has 2 aliphatic rings. The molecule has 0 aliphatic carbocycles. The van der Waals surface area contributed by atoms with Gasteiger partial charge in [0.05, 0.1) is 16.8 Å². The SMILES string of the molecule is CC1CCCC(C)N1C(=O)Cn1c(SCC(=O)N2CCCCC2)nc2ccccc21. The Kier molecular flexibility index (Phi) is 6.66. The fraction of sp³-hybridized carbons (Fsp3) is 0.609. The topological polar surface area (TPSA) is 58.4 Å². The van der Waals surface area contributed by atoms with E-state index in [1.807, 2.05) is 38.6 Å². The number of fused-ring (bicyclic) bond motifs is 1. The quantitative estimate of drug-likeness (QED) is 0.677. The molecule has 0 bridgehead atoms. The zero-order valence-electron chi connectivity index (χ0n) is 18.0. The predicted octanol–water partition coefficient (Wildman–Crippen LogP) is 3.93. The van der Waals surface area contributed by atoms with Gasteiger partial charge in [-0.05, 0) is 64.5 Å². The Bertz CT molecular complexity index is 896. The fourth-order valence-electron chi connectivity index (χ4n) is 4.81. The Morgan fingerprint density at radius 1 is 1.00 bits per heavy atom. The molecule has 7 heteroatoms. The van der Waals surface area contributed by atoms with E-state index in [9.17, 15) is 9.59 Å². The first-order valence-electron chi connectivity index (χ1n) is 11.2. The summed E-state index contributed by atoms with van der Waals surface area (Å²) in [6.07, 6.45) is 6.70. The molecule has 0 N–H and O–H groups in total. The number of rotatable bonds is 5. The third-order valence-electron chi connectivity index (χ3n) is 6.43. The highest BCUT2D eigenvalue weighted by Gasteiger charge is 2.30. The van der Waals surface area contributed by atoms with Gasteiger partial charge in [-0.3, -0.25) is 9.59 Å². The summed E-state index contributed by atoms with van der Waals surface area (Å²) in [6.45, 7) is 6.28. The molecule has 2 aromatic rings. The number of hydrogen-bond donors (Lipinski definition) is 0. The summed E-state index contributed by atoms with van der Waals surface area (Å²) in [7, 11) is 0. The van der Waals surface area contributed by atoms with Crippen molar-refractivity contribution in [1.29, 1.82) is 0 Å². The molecule has 1 aromatic heterocycles. The standard InChI is InChI=1S/C23H32N4O2S/c1-17-9-8-10-18(2)27(17)21(28)15-26-20-12-5-4-11-19(20)24-23(26)30-16-22(29)25-13-6-3-7-14-25/h4-5,11-12,17-18H,3,6-10,13-16H2,1-2H3. The third kappa shape index (κ3) is 4.51. The van der Waals surface area contributed by atoms with Gasteiger partial charge in [0, 0.05) is 25.2 Å². The van der Waals surface area contributed by atoms with Gasteiger partial charge in [0.15, 0.2) is 5.16 Å². The van der Waals surface area contributed by atoms with E-state index in [1.165, 1.54) is 24.6 Å². The second kappa shape index (κ2) is 9.41. The molecule has 3 heterocycles. The Morgan fingerprint density at radius 2 is 1.70 bits per heavy atom. The number of thioether (sulfide) groups is 1. The fourth-order valence-corrected chi connectivity index (χ4v) is 5.72. The Hall–Kier alpha value is -2.02. The van der Waals surface area contributed by atoms with Gasteiger partial charge in [-0.15, -0.1) is 0 Å². The van der Waals surface area contributed by atoms with E-state index in [2.05, 4.69) is 13.8 Å². The zero-order chi connectivity index (χ0) is 21.1. The van der Waals surface area contributed by atoms with E-state index >= 15 is 0 Å². The Balaban J connectivity index is 1.53. The number of hydrogen-bond acceptors (Lipinski definition) is 4. The van der Waals surface area contributed by atoms with E-state index < -0.39 is 0 Å². The summed E-state index contributed by atoms with van der Waals surface area (Å²) in [6, 6.07) is 8.46. The lowest BCUT2D eigenvalue weighted by atomic mass is 9.97. The van der Waals surface area contributed by atoms with Crippen molar-refractivity contribution >= 4 is 34.6 Å². The molecule has 162 valence electrons. The molecule has 0 radical (unpaired) electrons. The molecule has 0 saturated carbocycles. The minimum Gasteiger partial charge on any atom is -0.342 e. The molecule has 2 fully saturated rings. The monoisotopic (exact) mass is 428 g/mol. The van der Waals surface area contributed by atoms with Crippen LogP contribution < -0.4 is 0 Å². The van der Waals surface area contributed by atoms with E-state index in [0.29, 0.717) is 5.75 Å². The van der Waals surface area contributed by atoms with Crippen LogP contribution in [-0.2, 0) is 16.1 Å². The van der Waals surface area contributed by atoms with Crippen molar-refractivity contribution in [2.24, 2.45) is 0 Å². The number of benzene rings is 1. The highest BCUT2D eigenvalue weighted by atomic mass is 32.2. The van der Waals surface area contributed by atoms with E-state index in [4.69, 9.17) is 4.98 Å². The van der Waals surface area contributed by atoms with Crippen molar-refractivity contribution in [2.45, 2.75) is 76.2 Å². The summed E-state index contributed by atoms with van der Waals surface area (Å²) in [5.74, 6) is 0.679. The van der Waals surface area contributed by atoms with Crippen LogP contribution in [0.1, 0.15) is 52.4 Å². The zero-order valence-corrected chi connectivity index (χ0v) is 18.9. The van der Waals surface area contributed by atoms with Gasteiger partial charge in [0.25, 0.3) is 0 Å². The molecule has 2 saturated heterocycles. The van der Waals surface area contributed by atoms with Gasteiger partial charge in [0.1, 0.15) is 6.54 Å². The maximum Gasteiger partial charge on any atom is 0.243 e. The normalized spacial score (nSPS) is 22.5. The van der Waals surface area contributed by atoms with E-state index in [-0.39, 0.29) is 30.4 Å². The number of para-hydroxylation sites is 2. The third-order valence-corrected chi connectivity index (χ3v) is 7.39. The summed E-state index contributed by atoms with van der Waals surface area (Å²) in [5.41, 5.74) is 1.83. The van der Waals surface area contributed by atoms with Crippen LogP contribution in [0.15, 0.2) is 29.4 Å².